The normalized spacial score (nSPS) is 12.4. The van der Waals surface area contributed by atoms with Crippen LogP contribution in [0.25, 0.3) is 0 Å². The highest BCUT2D eigenvalue weighted by Gasteiger charge is 2.11. The van der Waals surface area contributed by atoms with E-state index in [0.29, 0.717) is 22.8 Å². The molecule has 1 nitrogen and oxygen atoms in total. The third kappa shape index (κ3) is 4.38. The SMILES string of the molecule is OC(CSc1ccc(Cl)cc1)Cc1cccc(F)c1Cl. The van der Waals surface area contributed by atoms with Crippen molar-refractivity contribution in [2.75, 3.05) is 5.75 Å². The molecule has 0 aliphatic carbocycles. The van der Waals surface area contributed by atoms with Crippen molar-refractivity contribution in [3.8, 4) is 0 Å². The number of aliphatic hydroxyl groups excluding tert-OH is 1. The van der Waals surface area contributed by atoms with Crippen molar-refractivity contribution >= 4 is 35.0 Å². The van der Waals surface area contributed by atoms with Crippen LogP contribution in [0.2, 0.25) is 10.0 Å². The van der Waals surface area contributed by atoms with Crippen molar-refractivity contribution in [1.29, 1.82) is 0 Å². The van der Waals surface area contributed by atoms with Crippen molar-refractivity contribution in [2.45, 2.75) is 17.4 Å². The maximum atomic E-state index is 13.3. The number of rotatable bonds is 5. The summed E-state index contributed by atoms with van der Waals surface area (Å²) in [6.45, 7) is 0. The minimum atomic E-state index is -0.588. The molecule has 0 radical (unpaired) electrons. The van der Waals surface area contributed by atoms with Gasteiger partial charge in [-0.15, -0.1) is 11.8 Å². The molecule has 0 fully saturated rings. The fourth-order valence-electron chi connectivity index (χ4n) is 1.74. The zero-order valence-electron chi connectivity index (χ0n) is 10.5. The molecule has 1 unspecified atom stereocenters. The van der Waals surface area contributed by atoms with E-state index < -0.39 is 11.9 Å². The van der Waals surface area contributed by atoms with Gasteiger partial charge in [-0.25, -0.2) is 4.39 Å². The van der Waals surface area contributed by atoms with E-state index >= 15 is 0 Å². The lowest BCUT2D eigenvalue weighted by atomic mass is 10.1. The highest BCUT2D eigenvalue weighted by molar-refractivity contribution is 7.99. The fraction of sp³-hybridized carbons (Fsp3) is 0.200. The third-order valence-electron chi connectivity index (χ3n) is 2.74. The van der Waals surface area contributed by atoms with Crippen molar-refractivity contribution in [3.05, 3.63) is 63.9 Å². The molecule has 5 heteroatoms. The van der Waals surface area contributed by atoms with E-state index in [1.165, 1.54) is 17.8 Å². The molecule has 2 aromatic rings. The molecule has 20 heavy (non-hydrogen) atoms. The second kappa shape index (κ2) is 7.32. The number of benzene rings is 2. The zero-order chi connectivity index (χ0) is 14.5. The molecule has 106 valence electrons. The average molecular weight is 331 g/mol. The molecule has 0 amide bonds. The van der Waals surface area contributed by atoms with E-state index in [1.807, 2.05) is 12.1 Å². The molecule has 0 bridgehead atoms. The Labute approximate surface area is 131 Å². The molecule has 0 aromatic heterocycles. The quantitative estimate of drug-likeness (QED) is 0.792. The predicted molar refractivity (Wildman–Crippen MR) is 83.3 cm³/mol. The van der Waals surface area contributed by atoms with Gasteiger partial charge in [0.25, 0.3) is 0 Å². The Morgan fingerprint density at radius 1 is 1.10 bits per heavy atom. The Morgan fingerprint density at radius 2 is 1.80 bits per heavy atom. The van der Waals surface area contributed by atoms with Gasteiger partial charge in [-0.1, -0.05) is 35.3 Å². The maximum Gasteiger partial charge on any atom is 0.142 e. The largest absolute Gasteiger partial charge is 0.392 e. The Hall–Kier alpha value is -0.740. The van der Waals surface area contributed by atoms with Crippen molar-refractivity contribution < 1.29 is 9.50 Å². The van der Waals surface area contributed by atoms with Gasteiger partial charge in [0.05, 0.1) is 11.1 Å². The van der Waals surface area contributed by atoms with Crippen LogP contribution in [0.1, 0.15) is 5.56 Å². The summed E-state index contributed by atoms with van der Waals surface area (Å²) >= 11 is 13.2. The van der Waals surface area contributed by atoms with Crippen molar-refractivity contribution in [3.63, 3.8) is 0 Å². The highest BCUT2D eigenvalue weighted by Crippen LogP contribution is 2.24. The van der Waals surface area contributed by atoms with Crippen LogP contribution < -0.4 is 0 Å². The summed E-state index contributed by atoms with van der Waals surface area (Å²) in [4.78, 5) is 1.03. The van der Waals surface area contributed by atoms with E-state index in [1.54, 1.807) is 24.3 Å². The van der Waals surface area contributed by atoms with Gasteiger partial charge in [-0.3, -0.25) is 0 Å². The van der Waals surface area contributed by atoms with E-state index in [-0.39, 0.29) is 5.02 Å². The van der Waals surface area contributed by atoms with Crippen LogP contribution in [0.5, 0.6) is 0 Å². The van der Waals surface area contributed by atoms with Gasteiger partial charge in [0.1, 0.15) is 5.82 Å². The zero-order valence-corrected chi connectivity index (χ0v) is 12.9. The lowest BCUT2D eigenvalue weighted by molar-refractivity contribution is 0.200. The van der Waals surface area contributed by atoms with E-state index in [0.717, 1.165) is 4.90 Å². The number of hydrogen-bond acceptors (Lipinski definition) is 2. The van der Waals surface area contributed by atoms with E-state index in [2.05, 4.69) is 0 Å². The van der Waals surface area contributed by atoms with Crippen molar-refractivity contribution in [2.24, 2.45) is 0 Å². The minimum absolute atomic E-state index is 0.0862. The summed E-state index contributed by atoms with van der Waals surface area (Å²) in [5.41, 5.74) is 0.621. The maximum absolute atomic E-state index is 13.3. The number of thioether (sulfide) groups is 1. The molecule has 0 spiro atoms. The summed E-state index contributed by atoms with van der Waals surface area (Å²) in [6.07, 6.45) is -0.257. The molecule has 1 N–H and O–H groups in total. The van der Waals surface area contributed by atoms with Gasteiger partial charge in [0, 0.05) is 22.1 Å². The first-order chi connectivity index (χ1) is 9.56. The molecule has 2 aromatic carbocycles. The van der Waals surface area contributed by atoms with Crippen molar-refractivity contribution in [1.82, 2.24) is 0 Å². The van der Waals surface area contributed by atoms with Gasteiger partial charge in [0.2, 0.25) is 0 Å². The summed E-state index contributed by atoms with van der Waals surface area (Å²) < 4.78 is 13.3. The average Bonchev–Trinajstić information content (AvgIpc) is 2.43. The monoisotopic (exact) mass is 330 g/mol. The minimum Gasteiger partial charge on any atom is -0.392 e. The molecule has 0 aliphatic rings. The van der Waals surface area contributed by atoms with Gasteiger partial charge < -0.3 is 5.11 Å². The van der Waals surface area contributed by atoms with Crippen LogP contribution >= 0.6 is 35.0 Å². The number of halogens is 3. The molecular weight excluding hydrogens is 318 g/mol. The van der Waals surface area contributed by atoms with Crippen LogP contribution in [0, 0.1) is 5.82 Å². The van der Waals surface area contributed by atoms with Gasteiger partial charge in [-0.05, 0) is 35.9 Å². The third-order valence-corrected chi connectivity index (χ3v) is 4.58. The summed E-state index contributed by atoms with van der Waals surface area (Å²) in [5.74, 6) is 0.0517. The molecule has 0 aliphatic heterocycles. The molecule has 0 saturated heterocycles. The van der Waals surface area contributed by atoms with Crippen LogP contribution in [0.4, 0.5) is 4.39 Å². The van der Waals surface area contributed by atoms with Crippen LogP contribution in [-0.4, -0.2) is 17.0 Å². The predicted octanol–water partition coefficient (Wildman–Crippen LogP) is 4.83. The fourth-order valence-corrected chi connectivity index (χ4v) is 2.90. The second-order valence-electron chi connectivity index (χ2n) is 4.34. The lowest BCUT2D eigenvalue weighted by Gasteiger charge is -2.12. The molecule has 2 rings (SSSR count). The first-order valence-electron chi connectivity index (χ1n) is 6.05. The topological polar surface area (TPSA) is 20.2 Å². The smallest absolute Gasteiger partial charge is 0.142 e. The standard InChI is InChI=1S/C15H13Cl2FOS/c16-11-4-6-13(7-5-11)20-9-12(19)8-10-2-1-3-14(18)15(10)17/h1-7,12,19H,8-9H2. The molecule has 0 saturated carbocycles. The first kappa shape index (κ1) is 15.6. The molecule has 0 heterocycles. The van der Waals surface area contributed by atoms with Crippen LogP contribution in [0.15, 0.2) is 47.4 Å². The summed E-state index contributed by atoms with van der Waals surface area (Å²) in [6, 6.07) is 12.0. The Balaban J connectivity index is 1.91. The number of hydrogen-bond donors (Lipinski definition) is 1. The second-order valence-corrected chi connectivity index (χ2v) is 6.24. The summed E-state index contributed by atoms with van der Waals surface area (Å²) in [7, 11) is 0. The lowest BCUT2D eigenvalue weighted by Crippen LogP contribution is -2.14. The van der Waals surface area contributed by atoms with Crippen LogP contribution in [0.3, 0.4) is 0 Å². The van der Waals surface area contributed by atoms with Gasteiger partial charge in [-0.2, -0.15) is 0 Å². The highest BCUT2D eigenvalue weighted by atomic mass is 35.5. The van der Waals surface area contributed by atoms with E-state index in [4.69, 9.17) is 23.2 Å². The summed E-state index contributed by atoms with van der Waals surface area (Å²) in [5, 5.41) is 10.8. The Morgan fingerprint density at radius 3 is 2.50 bits per heavy atom. The van der Waals surface area contributed by atoms with E-state index in [9.17, 15) is 9.50 Å². The van der Waals surface area contributed by atoms with Gasteiger partial charge in [0.15, 0.2) is 0 Å². The first-order valence-corrected chi connectivity index (χ1v) is 7.79. The molecule has 1 atom stereocenters. The number of aliphatic hydroxyl groups is 1. The van der Waals surface area contributed by atoms with Crippen LogP contribution in [-0.2, 0) is 6.42 Å². The van der Waals surface area contributed by atoms with Gasteiger partial charge >= 0.3 is 0 Å². The molecular formula is C15H13Cl2FOS. The Bertz CT molecular complexity index is 575. The Kier molecular flexibility index (Phi) is 5.73.